The number of aliphatic hydroxyl groups is 1. The molecule has 0 fully saturated rings. The van der Waals surface area contributed by atoms with Gasteiger partial charge in [0.1, 0.15) is 0 Å². The van der Waals surface area contributed by atoms with Crippen molar-refractivity contribution in [3.05, 3.63) is 57.2 Å². The summed E-state index contributed by atoms with van der Waals surface area (Å²) >= 11 is 0. The average molecular weight is 505 g/mol. The quantitative estimate of drug-likeness (QED) is 0.222. The normalized spacial score (nSPS) is 9.20. The van der Waals surface area contributed by atoms with Gasteiger partial charge < -0.3 is 40.1 Å². The Kier molecular flexibility index (Phi) is 49.6. The Morgan fingerprint density at radius 2 is 0.833 bits per heavy atom. The van der Waals surface area contributed by atoms with E-state index in [9.17, 15) is 14.4 Å². The molecule has 30 heavy (non-hydrogen) atoms. The molecule has 0 aliphatic carbocycles. The van der Waals surface area contributed by atoms with Crippen LogP contribution >= 0.6 is 0 Å². The van der Waals surface area contributed by atoms with Gasteiger partial charge in [-0.1, -0.05) is 18.2 Å². The van der Waals surface area contributed by atoms with Crippen LogP contribution in [0.2, 0.25) is 0 Å². The average Bonchev–Trinajstić information content (AvgIpc) is 2.72. The Balaban J connectivity index is -0.0000000982. The van der Waals surface area contributed by atoms with Gasteiger partial charge in [0.05, 0.1) is 19.8 Å². The number of rotatable bonds is 9. The molecule has 0 rings (SSSR count). The maximum absolute atomic E-state index is 10.5. The molecule has 0 aromatic carbocycles. The molecule has 0 spiro atoms. The van der Waals surface area contributed by atoms with Gasteiger partial charge in [-0.05, 0) is 20.8 Å². The van der Waals surface area contributed by atoms with Gasteiger partial charge in [-0.3, -0.25) is 0 Å². The summed E-state index contributed by atoms with van der Waals surface area (Å²) in [5.74, 6) is -0.872. The van der Waals surface area contributed by atoms with Crippen LogP contribution in [-0.2, 0) is 54.8 Å². The molecule has 0 heterocycles. The van der Waals surface area contributed by atoms with Crippen molar-refractivity contribution in [1.29, 1.82) is 0 Å². The number of hydrogen-bond acceptors (Lipinski definition) is 7. The number of carbonyl (C=O) groups is 3. The molecule has 0 atom stereocenters. The van der Waals surface area contributed by atoms with E-state index in [1.807, 2.05) is 0 Å². The topological polar surface area (TPSA) is 99.1 Å². The Morgan fingerprint density at radius 3 is 0.967 bits per heavy atom. The largest absolute Gasteiger partial charge is 3.00 e. The van der Waals surface area contributed by atoms with Crippen LogP contribution in [-0.4, -0.2) is 49.9 Å². The fraction of sp³-hybridized carbons (Fsp3) is 0.455. The van der Waals surface area contributed by atoms with E-state index in [1.54, 1.807) is 39.0 Å². The minimum atomic E-state index is -0.291. The van der Waals surface area contributed by atoms with Crippen LogP contribution in [0.1, 0.15) is 40.0 Å². The van der Waals surface area contributed by atoms with Gasteiger partial charge in [0.15, 0.2) is 0 Å². The number of esters is 3. The molecular weight excluding hydrogens is 467 g/mol. The van der Waals surface area contributed by atoms with Gasteiger partial charge >= 0.3 is 44.1 Å². The van der Waals surface area contributed by atoms with Crippen molar-refractivity contribution >= 4 is 17.9 Å². The first-order valence-electron chi connectivity index (χ1n) is 9.14. The van der Waals surface area contributed by atoms with Crippen LogP contribution in [0.3, 0.4) is 0 Å². The fourth-order valence-electron chi connectivity index (χ4n) is 1.07. The molecule has 8 heteroatoms. The van der Waals surface area contributed by atoms with Crippen LogP contribution < -0.4 is 0 Å². The van der Waals surface area contributed by atoms with Crippen LogP contribution in [0, 0.1) is 20.8 Å². The van der Waals surface area contributed by atoms with E-state index in [-0.39, 0.29) is 44.1 Å². The standard InChI is InChI=1S/3C7H11O2.CH4O.Zr/c3*1-3-5-7(8)9-6-4-2;1-2;/h3*3,5H,2,4,6H2,1H3;2H,1H3;/q3*-1;;+3. The molecule has 1 radical (unpaired) electrons. The maximum atomic E-state index is 10.5. The first kappa shape index (κ1) is 39.0. The van der Waals surface area contributed by atoms with E-state index in [0.29, 0.717) is 39.1 Å². The summed E-state index contributed by atoms with van der Waals surface area (Å²) in [4.78, 5) is 31.4. The summed E-state index contributed by atoms with van der Waals surface area (Å²) in [6.07, 6.45) is 11.0. The molecule has 0 unspecified atom stereocenters. The smallest absolute Gasteiger partial charge is 0.465 e. The zero-order valence-electron chi connectivity index (χ0n) is 18.7. The summed E-state index contributed by atoms with van der Waals surface area (Å²) in [7, 11) is 1.00. The number of allylic oxidation sites excluding steroid dienone is 3. The van der Waals surface area contributed by atoms with E-state index in [2.05, 4.69) is 35.0 Å². The van der Waals surface area contributed by atoms with Crippen molar-refractivity contribution < 1.29 is 59.9 Å². The molecule has 0 saturated carbocycles. The van der Waals surface area contributed by atoms with Crippen molar-refractivity contribution in [3.63, 3.8) is 0 Å². The molecule has 0 aromatic heterocycles. The molecule has 0 bridgehead atoms. The minimum Gasteiger partial charge on any atom is -0.465 e. The van der Waals surface area contributed by atoms with Gasteiger partial charge in [-0.25, -0.2) is 14.4 Å². The number of hydrogen-bond donors (Lipinski definition) is 1. The van der Waals surface area contributed by atoms with E-state index in [0.717, 1.165) is 7.11 Å². The van der Waals surface area contributed by atoms with E-state index >= 15 is 0 Å². The molecule has 1 N–H and O–H groups in total. The summed E-state index contributed by atoms with van der Waals surface area (Å²) in [6, 6.07) is 0. The number of carbonyl (C=O) groups excluding carboxylic acids is 3. The van der Waals surface area contributed by atoms with Gasteiger partial charge in [0.2, 0.25) is 0 Å². The van der Waals surface area contributed by atoms with Crippen LogP contribution in [0.5, 0.6) is 0 Å². The zero-order valence-corrected chi connectivity index (χ0v) is 21.2. The van der Waals surface area contributed by atoms with Crippen molar-refractivity contribution in [2.75, 3.05) is 26.9 Å². The third kappa shape index (κ3) is 45.3. The first-order valence-corrected chi connectivity index (χ1v) is 9.14. The van der Waals surface area contributed by atoms with Crippen molar-refractivity contribution in [2.45, 2.75) is 40.0 Å². The van der Waals surface area contributed by atoms with E-state index < -0.39 is 0 Å². The Morgan fingerprint density at radius 1 is 0.633 bits per heavy atom. The Labute approximate surface area is 201 Å². The third-order valence-corrected chi connectivity index (χ3v) is 2.07. The van der Waals surface area contributed by atoms with Gasteiger partial charge in [0.25, 0.3) is 0 Å². The van der Waals surface area contributed by atoms with Gasteiger partial charge in [-0.15, -0.1) is 19.3 Å². The van der Waals surface area contributed by atoms with Crippen LogP contribution in [0.4, 0.5) is 0 Å². The molecule has 171 valence electrons. The summed E-state index contributed by atoms with van der Waals surface area (Å²) < 4.78 is 13.9. The predicted molar refractivity (Wildman–Crippen MR) is 115 cm³/mol. The van der Waals surface area contributed by atoms with Crippen LogP contribution in [0.15, 0.2) is 36.5 Å². The molecule has 0 aliphatic rings. The molecule has 7 nitrogen and oxygen atoms in total. The molecule has 0 amide bonds. The molecule has 0 saturated heterocycles. The SMILES string of the molecule is CO.[CH2-]CCOC(=O)C=CC.[CH2-]CCOC(=O)C=CC.[CH2-]CCOC(=O)C=CC.[Zr+3]. The maximum Gasteiger partial charge on any atom is 3.00 e. The number of ether oxygens (including phenoxy) is 3. The van der Waals surface area contributed by atoms with Crippen molar-refractivity contribution in [2.24, 2.45) is 0 Å². The molecular formula is C22H37O7Zr. The van der Waals surface area contributed by atoms with Crippen LogP contribution in [0.25, 0.3) is 0 Å². The fourth-order valence-corrected chi connectivity index (χ4v) is 1.07. The summed E-state index contributed by atoms with van der Waals surface area (Å²) in [6.45, 7) is 17.1. The predicted octanol–water partition coefficient (Wildman–Crippen LogP) is 3.60. The van der Waals surface area contributed by atoms with Crippen molar-refractivity contribution in [1.82, 2.24) is 0 Å². The second-order valence-corrected chi connectivity index (χ2v) is 4.56. The zero-order chi connectivity index (χ0) is 23.3. The Hall–Kier alpha value is -1.53. The van der Waals surface area contributed by atoms with E-state index in [4.69, 9.17) is 5.11 Å². The Bertz CT molecular complexity index is 392. The molecule has 0 aliphatic heterocycles. The second kappa shape index (κ2) is 38.1. The summed E-state index contributed by atoms with van der Waals surface area (Å²) in [5.41, 5.74) is 0. The number of aliphatic hydroxyl groups excluding tert-OH is 1. The third-order valence-electron chi connectivity index (χ3n) is 2.07. The second-order valence-electron chi connectivity index (χ2n) is 4.56. The minimum absolute atomic E-state index is 0. The first-order chi connectivity index (χ1) is 13.9. The summed E-state index contributed by atoms with van der Waals surface area (Å²) in [5, 5.41) is 7.00. The monoisotopic (exact) mass is 503 g/mol. The molecule has 0 aromatic rings. The van der Waals surface area contributed by atoms with E-state index in [1.165, 1.54) is 18.2 Å². The van der Waals surface area contributed by atoms with Gasteiger partial charge in [-0.2, -0.15) is 0 Å². The van der Waals surface area contributed by atoms with Gasteiger partial charge in [0, 0.05) is 25.3 Å². The van der Waals surface area contributed by atoms with Crippen molar-refractivity contribution in [3.8, 4) is 0 Å².